The summed E-state index contributed by atoms with van der Waals surface area (Å²) in [6, 6.07) is 0. The summed E-state index contributed by atoms with van der Waals surface area (Å²) in [7, 11) is 0. The first-order valence-electron chi connectivity index (χ1n) is 6.71. The predicted molar refractivity (Wildman–Crippen MR) is 66.3 cm³/mol. The highest BCUT2D eigenvalue weighted by molar-refractivity contribution is 5.47. The normalized spacial score (nSPS) is 10.6. The van der Waals surface area contributed by atoms with Gasteiger partial charge in [0.2, 0.25) is 0 Å². The van der Waals surface area contributed by atoms with Crippen molar-refractivity contribution in [1.29, 1.82) is 0 Å². The molecule has 0 N–H and O–H groups in total. The highest BCUT2D eigenvalue weighted by Gasteiger charge is 2.22. The Bertz CT molecular complexity index is 150. The first-order valence-corrected chi connectivity index (χ1v) is 6.71. The van der Waals surface area contributed by atoms with E-state index in [1.165, 1.54) is 56.3 Å². The van der Waals surface area contributed by atoms with Crippen molar-refractivity contribution in [2.75, 3.05) is 26.2 Å². The average molecular weight is 246 g/mol. The van der Waals surface area contributed by atoms with Crippen molar-refractivity contribution >= 4 is 6.16 Å². The molecular formula is C13H28NO3-. The van der Waals surface area contributed by atoms with E-state index in [4.69, 9.17) is 15.0 Å². The number of carbonyl (C=O) groups is 1. The fraction of sp³-hybridized carbons (Fsp3) is 0.923. The van der Waals surface area contributed by atoms with Crippen LogP contribution in [0.15, 0.2) is 0 Å². The summed E-state index contributed by atoms with van der Waals surface area (Å²) in [4.78, 5) is 8.33. The minimum atomic E-state index is -2.33. The van der Waals surface area contributed by atoms with Crippen molar-refractivity contribution in [1.82, 2.24) is 0 Å². The summed E-state index contributed by atoms with van der Waals surface area (Å²) in [6.45, 7) is 14.8. The van der Waals surface area contributed by atoms with Crippen LogP contribution >= 0.6 is 0 Å². The molecule has 0 bridgehead atoms. The van der Waals surface area contributed by atoms with Gasteiger partial charge in [-0.05, 0) is 31.8 Å². The molecule has 0 fully saturated rings. The molecule has 0 unspecified atom stereocenters. The van der Waals surface area contributed by atoms with Crippen molar-refractivity contribution in [2.24, 2.45) is 0 Å². The molecular weight excluding hydrogens is 218 g/mol. The zero-order valence-electron chi connectivity index (χ0n) is 11.8. The Morgan fingerprint density at radius 1 is 0.765 bits per heavy atom. The van der Waals surface area contributed by atoms with E-state index in [1.54, 1.807) is 0 Å². The molecule has 0 aliphatic carbocycles. The molecule has 0 spiro atoms. The van der Waals surface area contributed by atoms with Crippen LogP contribution in [0.25, 0.3) is 0 Å². The SMILES string of the molecule is CCC[N+](CCC)(CCC)CCC.O=C([O-])[O-]. The molecule has 0 aromatic rings. The Morgan fingerprint density at radius 2 is 0.941 bits per heavy atom. The second kappa shape index (κ2) is 11.7. The van der Waals surface area contributed by atoms with E-state index in [-0.39, 0.29) is 0 Å². The molecule has 0 saturated carbocycles. The molecule has 0 saturated heterocycles. The van der Waals surface area contributed by atoms with E-state index < -0.39 is 6.16 Å². The van der Waals surface area contributed by atoms with Gasteiger partial charge in [0, 0.05) is 0 Å². The topological polar surface area (TPSA) is 63.2 Å². The van der Waals surface area contributed by atoms with Gasteiger partial charge in [-0.25, -0.2) is 0 Å². The van der Waals surface area contributed by atoms with E-state index in [0.29, 0.717) is 0 Å². The number of quaternary nitrogens is 1. The largest absolute Gasteiger partial charge is 0.652 e. The number of nitrogens with zero attached hydrogens (tertiary/aromatic N) is 1. The molecule has 0 aromatic carbocycles. The van der Waals surface area contributed by atoms with Gasteiger partial charge in [-0.3, -0.25) is 0 Å². The van der Waals surface area contributed by atoms with Crippen LogP contribution in [0.4, 0.5) is 4.79 Å². The maximum atomic E-state index is 8.33. The Morgan fingerprint density at radius 3 is 1.06 bits per heavy atom. The molecule has 0 amide bonds. The summed E-state index contributed by atoms with van der Waals surface area (Å²) >= 11 is 0. The Kier molecular flexibility index (Phi) is 12.8. The number of hydrogen-bond acceptors (Lipinski definition) is 3. The lowest BCUT2D eigenvalue weighted by atomic mass is 10.2. The highest BCUT2D eigenvalue weighted by atomic mass is 16.6. The average Bonchev–Trinajstić information content (AvgIpc) is 2.18. The van der Waals surface area contributed by atoms with Gasteiger partial charge in [-0.2, -0.15) is 0 Å². The molecule has 0 aliphatic rings. The van der Waals surface area contributed by atoms with Gasteiger partial charge in [-0.15, -0.1) is 0 Å². The van der Waals surface area contributed by atoms with Crippen LogP contribution in [0.5, 0.6) is 0 Å². The van der Waals surface area contributed by atoms with Crippen molar-refractivity contribution in [3.05, 3.63) is 0 Å². The third-order valence-electron chi connectivity index (χ3n) is 2.79. The Balaban J connectivity index is 0. The van der Waals surface area contributed by atoms with E-state index in [1.807, 2.05) is 0 Å². The zero-order valence-corrected chi connectivity index (χ0v) is 11.8. The third-order valence-corrected chi connectivity index (χ3v) is 2.79. The summed E-state index contributed by atoms with van der Waals surface area (Å²) in [5, 5.41) is 16.7. The van der Waals surface area contributed by atoms with Crippen LogP contribution in [0.3, 0.4) is 0 Å². The van der Waals surface area contributed by atoms with Crippen molar-refractivity contribution in [3.8, 4) is 0 Å². The first-order chi connectivity index (χ1) is 7.97. The number of carbonyl (C=O) groups excluding carboxylic acids is 1. The lowest BCUT2D eigenvalue weighted by Gasteiger charge is -2.38. The van der Waals surface area contributed by atoms with Gasteiger partial charge in [0.05, 0.1) is 26.2 Å². The summed E-state index contributed by atoms with van der Waals surface area (Å²) in [5.74, 6) is 0. The van der Waals surface area contributed by atoms with Gasteiger partial charge >= 0.3 is 0 Å². The van der Waals surface area contributed by atoms with Crippen LogP contribution in [0.2, 0.25) is 0 Å². The standard InChI is InChI=1S/C12H28N.CH2O3/c1-5-9-13(10-6-2,11-7-3)12-8-4;2-1(3)4/h5-12H2,1-4H3;(H2,2,3,4)/q+1;/p-2. The maximum Gasteiger partial charge on any atom is 0.0783 e. The van der Waals surface area contributed by atoms with Gasteiger partial charge in [-0.1, -0.05) is 27.7 Å². The van der Waals surface area contributed by atoms with Crippen molar-refractivity contribution in [3.63, 3.8) is 0 Å². The van der Waals surface area contributed by atoms with Crippen molar-refractivity contribution < 1.29 is 19.5 Å². The smallest absolute Gasteiger partial charge is 0.0783 e. The predicted octanol–water partition coefficient (Wildman–Crippen LogP) is 0.996. The Labute approximate surface area is 106 Å². The highest BCUT2D eigenvalue weighted by Crippen LogP contribution is 2.12. The summed E-state index contributed by atoms with van der Waals surface area (Å²) < 4.78 is 1.38. The number of rotatable bonds is 8. The fourth-order valence-corrected chi connectivity index (χ4v) is 2.57. The van der Waals surface area contributed by atoms with Crippen LogP contribution < -0.4 is 10.2 Å². The molecule has 0 radical (unpaired) electrons. The third kappa shape index (κ3) is 11.5. The molecule has 0 heterocycles. The second-order valence-corrected chi connectivity index (χ2v) is 4.49. The quantitative estimate of drug-likeness (QED) is 0.600. The van der Waals surface area contributed by atoms with Gasteiger partial charge < -0.3 is 19.5 Å². The number of hydrogen-bond donors (Lipinski definition) is 0. The van der Waals surface area contributed by atoms with Crippen molar-refractivity contribution in [2.45, 2.75) is 53.4 Å². The maximum absolute atomic E-state index is 8.33. The summed E-state index contributed by atoms with van der Waals surface area (Å²) in [5.41, 5.74) is 0. The van der Waals surface area contributed by atoms with Crippen LogP contribution in [-0.2, 0) is 0 Å². The molecule has 0 aliphatic heterocycles. The minimum Gasteiger partial charge on any atom is -0.652 e. The first kappa shape index (κ1) is 18.6. The van der Waals surface area contributed by atoms with Gasteiger partial charge in [0.25, 0.3) is 0 Å². The Hall–Kier alpha value is -0.770. The summed E-state index contributed by atoms with van der Waals surface area (Å²) in [6.07, 6.45) is 3.00. The van der Waals surface area contributed by atoms with Crippen LogP contribution in [0.1, 0.15) is 53.4 Å². The van der Waals surface area contributed by atoms with E-state index in [2.05, 4.69) is 27.7 Å². The molecule has 4 heteroatoms. The molecule has 104 valence electrons. The van der Waals surface area contributed by atoms with Gasteiger partial charge in [0.1, 0.15) is 0 Å². The second-order valence-electron chi connectivity index (χ2n) is 4.49. The molecule has 0 atom stereocenters. The fourth-order valence-electron chi connectivity index (χ4n) is 2.57. The van der Waals surface area contributed by atoms with E-state index >= 15 is 0 Å². The van der Waals surface area contributed by atoms with Crippen LogP contribution in [-0.4, -0.2) is 36.8 Å². The minimum absolute atomic E-state index is 1.33. The monoisotopic (exact) mass is 246 g/mol. The molecule has 0 aromatic heterocycles. The molecule has 4 nitrogen and oxygen atoms in total. The number of carboxylic acid groups (broad SMARTS) is 2. The van der Waals surface area contributed by atoms with E-state index in [0.717, 1.165) is 0 Å². The van der Waals surface area contributed by atoms with Crippen LogP contribution in [0, 0.1) is 0 Å². The van der Waals surface area contributed by atoms with E-state index in [9.17, 15) is 0 Å². The molecule has 0 rings (SSSR count). The zero-order chi connectivity index (χ0) is 13.7. The lowest BCUT2D eigenvalue weighted by molar-refractivity contribution is -0.928. The van der Waals surface area contributed by atoms with Gasteiger partial charge in [0.15, 0.2) is 0 Å². The lowest BCUT2D eigenvalue weighted by Crippen LogP contribution is -2.50. The molecule has 17 heavy (non-hydrogen) atoms.